The lowest BCUT2D eigenvalue weighted by molar-refractivity contribution is 1.06. The molecular formula is C21H15N3. The molecule has 4 aromatic rings. The Balaban J connectivity index is 2.02. The molecule has 0 aliphatic rings. The Morgan fingerprint density at radius 1 is 0.500 bits per heavy atom. The zero-order valence-corrected chi connectivity index (χ0v) is 13.0. The fraction of sp³-hybridized carbons (Fsp3) is 0. The van der Waals surface area contributed by atoms with Gasteiger partial charge in [-0.05, 0) is 16.7 Å². The molecule has 0 saturated carbocycles. The van der Waals surface area contributed by atoms with Gasteiger partial charge in [-0.25, -0.2) is 15.0 Å². The monoisotopic (exact) mass is 309 g/mol. The van der Waals surface area contributed by atoms with Gasteiger partial charge in [-0.15, -0.1) is 0 Å². The molecule has 1 heterocycles. The highest BCUT2D eigenvalue weighted by molar-refractivity contribution is 5.92. The second-order valence-electron chi connectivity index (χ2n) is 5.42. The van der Waals surface area contributed by atoms with Gasteiger partial charge in [0, 0.05) is 11.1 Å². The third-order valence-corrected chi connectivity index (χ3v) is 3.95. The summed E-state index contributed by atoms with van der Waals surface area (Å²) in [6.07, 6.45) is 3.07. The molecule has 0 amide bonds. The summed E-state index contributed by atoms with van der Waals surface area (Å²) in [5.41, 5.74) is 5.62. The van der Waals surface area contributed by atoms with Crippen molar-refractivity contribution < 1.29 is 0 Å². The summed E-state index contributed by atoms with van der Waals surface area (Å²) in [6, 6.07) is 27.0. The van der Waals surface area contributed by atoms with Gasteiger partial charge in [0.1, 0.15) is 12.7 Å². The highest BCUT2D eigenvalue weighted by Gasteiger charge is 2.14. The summed E-state index contributed by atoms with van der Waals surface area (Å²) in [7, 11) is 0. The highest BCUT2D eigenvalue weighted by atomic mass is 15.0. The lowest BCUT2D eigenvalue weighted by Crippen LogP contribution is -1.94. The van der Waals surface area contributed by atoms with Gasteiger partial charge in [-0.1, -0.05) is 78.9 Å². The molecule has 24 heavy (non-hydrogen) atoms. The average molecular weight is 309 g/mol. The molecule has 3 nitrogen and oxygen atoms in total. The number of nitrogens with zero attached hydrogens (tertiary/aromatic N) is 3. The summed E-state index contributed by atoms with van der Waals surface area (Å²) in [5, 5.41) is 0. The van der Waals surface area contributed by atoms with Crippen molar-refractivity contribution in [1.29, 1.82) is 0 Å². The van der Waals surface area contributed by atoms with E-state index in [9.17, 15) is 0 Å². The van der Waals surface area contributed by atoms with Crippen molar-refractivity contribution in [1.82, 2.24) is 15.0 Å². The number of rotatable bonds is 3. The molecule has 0 spiro atoms. The van der Waals surface area contributed by atoms with Gasteiger partial charge in [-0.2, -0.15) is 0 Å². The van der Waals surface area contributed by atoms with Gasteiger partial charge in [0.15, 0.2) is 5.82 Å². The summed E-state index contributed by atoms with van der Waals surface area (Å²) in [5.74, 6) is 0.682. The Morgan fingerprint density at radius 2 is 1.08 bits per heavy atom. The van der Waals surface area contributed by atoms with Crippen molar-refractivity contribution in [3.8, 4) is 33.6 Å². The van der Waals surface area contributed by atoms with Crippen LogP contribution in [0.15, 0.2) is 91.5 Å². The first kappa shape index (κ1) is 14.3. The smallest absolute Gasteiger partial charge is 0.163 e. The predicted molar refractivity (Wildman–Crippen MR) is 96.1 cm³/mol. The fourth-order valence-electron chi connectivity index (χ4n) is 2.89. The van der Waals surface area contributed by atoms with Crippen molar-refractivity contribution in [2.24, 2.45) is 0 Å². The molecule has 0 unspecified atom stereocenters. The maximum atomic E-state index is 4.35. The topological polar surface area (TPSA) is 38.7 Å². The normalized spacial score (nSPS) is 10.5. The number of benzene rings is 3. The van der Waals surface area contributed by atoms with Crippen LogP contribution in [0.3, 0.4) is 0 Å². The van der Waals surface area contributed by atoms with Crippen LogP contribution >= 0.6 is 0 Å². The van der Waals surface area contributed by atoms with Crippen molar-refractivity contribution in [2.75, 3.05) is 0 Å². The Morgan fingerprint density at radius 3 is 1.75 bits per heavy atom. The third kappa shape index (κ3) is 2.68. The quantitative estimate of drug-likeness (QED) is 0.542. The van der Waals surface area contributed by atoms with E-state index in [4.69, 9.17) is 0 Å². The molecule has 0 aliphatic heterocycles. The van der Waals surface area contributed by atoms with Gasteiger partial charge >= 0.3 is 0 Å². The second kappa shape index (κ2) is 6.42. The van der Waals surface area contributed by atoms with Crippen LogP contribution in [0.1, 0.15) is 0 Å². The lowest BCUT2D eigenvalue weighted by atomic mass is 9.90. The van der Waals surface area contributed by atoms with Crippen molar-refractivity contribution in [3.05, 3.63) is 91.5 Å². The maximum Gasteiger partial charge on any atom is 0.163 e. The van der Waals surface area contributed by atoms with E-state index in [1.165, 1.54) is 23.8 Å². The van der Waals surface area contributed by atoms with E-state index < -0.39 is 0 Å². The SMILES string of the molecule is c1ccc(-c2cccc(-c3ncncn3)c2-c2ccccc2)cc1. The Bertz CT molecular complexity index is 879. The van der Waals surface area contributed by atoms with Crippen LogP contribution in [0.2, 0.25) is 0 Å². The van der Waals surface area contributed by atoms with Crippen LogP contribution in [0.25, 0.3) is 33.6 Å². The molecule has 0 N–H and O–H groups in total. The van der Waals surface area contributed by atoms with Gasteiger partial charge in [0.25, 0.3) is 0 Å². The molecule has 0 fully saturated rings. The summed E-state index contributed by atoms with van der Waals surface area (Å²) >= 11 is 0. The first-order chi connectivity index (χ1) is 11.9. The minimum atomic E-state index is 0.682. The second-order valence-corrected chi connectivity index (χ2v) is 5.42. The molecule has 4 rings (SSSR count). The maximum absolute atomic E-state index is 4.35. The van der Waals surface area contributed by atoms with Crippen LogP contribution < -0.4 is 0 Å². The molecule has 0 saturated heterocycles. The zero-order valence-electron chi connectivity index (χ0n) is 13.0. The Hall–Kier alpha value is -3.33. The van der Waals surface area contributed by atoms with E-state index >= 15 is 0 Å². The molecule has 0 atom stereocenters. The molecule has 0 radical (unpaired) electrons. The number of hydrogen-bond donors (Lipinski definition) is 0. The highest BCUT2D eigenvalue weighted by Crippen LogP contribution is 2.38. The molecular weight excluding hydrogens is 294 g/mol. The summed E-state index contributed by atoms with van der Waals surface area (Å²) in [4.78, 5) is 12.6. The van der Waals surface area contributed by atoms with E-state index in [1.807, 2.05) is 30.3 Å². The van der Waals surface area contributed by atoms with E-state index in [1.54, 1.807) is 0 Å². The predicted octanol–water partition coefficient (Wildman–Crippen LogP) is 4.87. The molecule has 0 aliphatic carbocycles. The summed E-state index contributed by atoms with van der Waals surface area (Å²) < 4.78 is 0. The van der Waals surface area contributed by atoms with Gasteiger partial charge in [0.2, 0.25) is 0 Å². The molecule has 3 heteroatoms. The third-order valence-electron chi connectivity index (χ3n) is 3.95. The van der Waals surface area contributed by atoms with Crippen molar-refractivity contribution >= 4 is 0 Å². The van der Waals surface area contributed by atoms with E-state index in [-0.39, 0.29) is 0 Å². The average Bonchev–Trinajstić information content (AvgIpc) is 2.69. The van der Waals surface area contributed by atoms with Crippen LogP contribution in [-0.4, -0.2) is 15.0 Å². The fourth-order valence-corrected chi connectivity index (χ4v) is 2.89. The van der Waals surface area contributed by atoms with Crippen LogP contribution in [0.4, 0.5) is 0 Å². The van der Waals surface area contributed by atoms with Gasteiger partial charge in [0.05, 0.1) is 0 Å². The zero-order chi connectivity index (χ0) is 16.2. The van der Waals surface area contributed by atoms with Crippen LogP contribution in [0.5, 0.6) is 0 Å². The summed E-state index contributed by atoms with van der Waals surface area (Å²) in [6.45, 7) is 0. The van der Waals surface area contributed by atoms with Crippen LogP contribution in [-0.2, 0) is 0 Å². The van der Waals surface area contributed by atoms with Gasteiger partial charge in [-0.3, -0.25) is 0 Å². The Labute approximate surface area is 140 Å². The largest absolute Gasteiger partial charge is 0.225 e. The first-order valence-corrected chi connectivity index (χ1v) is 7.80. The van der Waals surface area contributed by atoms with Crippen molar-refractivity contribution in [3.63, 3.8) is 0 Å². The number of aromatic nitrogens is 3. The van der Waals surface area contributed by atoms with Crippen LogP contribution in [0, 0.1) is 0 Å². The minimum Gasteiger partial charge on any atom is -0.225 e. The number of hydrogen-bond acceptors (Lipinski definition) is 3. The Kier molecular flexibility index (Phi) is 3.82. The van der Waals surface area contributed by atoms with E-state index in [2.05, 4.69) is 63.5 Å². The lowest BCUT2D eigenvalue weighted by Gasteiger charge is -2.15. The molecule has 0 bridgehead atoms. The van der Waals surface area contributed by atoms with E-state index in [0.29, 0.717) is 5.82 Å². The van der Waals surface area contributed by atoms with E-state index in [0.717, 1.165) is 16.7 Å². The van der Waals surface area contributed by atoms with Gasteiger partial charge < -0.3 is 0 Å². The molecule has 1 aromatic heterocycles. The van der Waals surface area contributed by atoms with Crippen molar-refractivity contribution in [2.45, 2.75) is 0 Å². The molecule has 3 aromatic carbocycles. The first-order valence-electron chi connectivity index (χ1n) is 7.80. The molecule has 114 valence electrons. The standard InChI is InChI=1S/C21H15N3/c1-3-8-16(9-4-1)18-12-7-13-19(21-23-14-22-15-24-21)20(18)17-10-5-2-6-11-17/h1-15H. The minimum absolute atomic E-state index is 0.682.